The molecule has 0 aromatic carbocycles. The van der Waals surface area contributed by atoms with Crippen LogP contribution < -0.4 is 0 Å². The van der Waals surface area contributed by atoms with E-state index in [4.69, 9.17) is 4.74 Å². The van der Waals surface area contributed by atoms with Crippen LogP contribution in [0.1, 0.15) is 26.7 Å². The zero-order valence-corrected chi connectivity index (χ0v) is 8.65. The van der Waals surface area contributed by atoms with Crippen LogP contribution in [0.3, 0.4) is 0 Å². The SMILES string of the molecule is COC(CCCBr)C(C)C. The maximum atomic E-state index is 5.29. The zero-order chi connectivity index (χ0) is 7.98. The summed E-state index contributed by atoms with van der Waals surface area (Å²) >= 11 is 3.40. The van der Waals surface area contributed by atoms with E-state index in [0.717, 1.165) is 5.33 Å². The lowest BCUT2D eigenvalue weighted by Gasteiger charge is -2.18. The quantitative estimate of drug-likeness (QED) is 0.632. The molecule has 0 N–H and O–H groups in total. The van der Waals surface area contributed by atoms with Crippen molar-refractivity contribution in [2.45, 2.75) is 32.8 Å². The molecule has 0 radical (unpaired) electrons. The summed E-state index contributed by atoms with van der Waals surface area (Å²) in [5, 5.41) is 1.08. The minimum atomic E-state index is 0.442. The van der Waals surface area contributed by atoms with Crippen molar-refractivity contribution < 1.29 is 4.74 Å². The first-order chi connectivity index (χ1) is 4.72. The fourth-order valence-corrected chi connectivity index (χ4v) is 1.33. The van der Waals surface area contributed by atoms with Crippen molar-refractivity contribution in [2.24, 2.45) is 5.92 Å². The lowest BCUT2D eigenvalue weighted by atomic mass is 10.0. The summed E-state index contributed by atoms with van der Waals surface area (Å²) in [4.78, 5) is 0. The number of alkyl halides is 1. The minimum Gasteiger partial charge on any atom is -0.381 e. The van der Waals surface area contributed by atoms with Crippen LogP contribution in [0.25, 0.3) is 0 Å². The highest BCUT2D eigenvalue weighted by Gasteiger charge is 2.10. The van der Waals surface area contributed by atoms with Crippen LogP contribution in [0.5, 0.6) is 0 Å². The summed E-state index contributed by atoms with van der Waals surface area (Å²) in [7, 11) is 1.79. The van der Waals surface area contributed by atoms with Crippen LogP contribution in [-0.2, 0) is 4.74 Å². The first kappa shape index (κ1) is 10.4. The third kappa shape index (κ3) is 4.29. The topological polar surface area (TPSA) is 9.23 Å². The Kier molecular flexibility index (Phi) is 6.44. The Balaban J connectivity index is 3.40. The van der Waals surface area contributed by atoms with Crippen molar-refractivity contribution in [3.05, 3.63) is 0 Å². The van der Waals surface area contributed by atoms with Crippen molar-refractivity contribution in [3.63, 3.8) is 0 Å². The summed E-state index contributed by atoms with van der Waals surface area (Å²) in [6.07, 6.45) is 2.81. The van der Waals surface area contributed by atoms with E-state index in [0.29, 0.717) is 12.0 Å². The fourth-order valence-electron chi connectivity index (χ4n) is 1.00. The molecular weight excluding hydrogens is 192 g/mol. The van der Waals surface area contributed by atoms with Gasteiger partial charge in [0.2, 0.25) is 0 Å². The van der Waals surface area contributed by atoms with E-state index >= 15 is 0 Å². The van der Waals surface area contributed by atoms with Crippen molar-refractivity contribution >= 4 is 15.9 Å². The van der Waals surface area contributed by atoms with Gasteiger partial charge in [0.1, 0.15) is 0 Å². The summed E-state index contributed by atoms with van der Waals surface area (Å²) in [5.74, 6) is 0.643. The summed E-state index contributed by atoms with van der Waals surface area (Å²) in [6, 6.07) is 0. The number of methoxy groups -OCH3 is 1. The van der Waals surface area contributed by atoms with Gasteiger partial charge in [0.15, 0.2) is 0 Å². The molecule has 0 amide bonds. The van der Waals surface area contributed by atoms with Crippen LogP contribution >= 0.6 is 15.9 Å². The van der Waals surface area contributed by atoms with E-state index in [1.165, 1.54) is 12.8 Å². The number of rotatable bonds is 5. The van der Waals surface area contributed by atoms with Crippen molar-refractivity contribution in [3.8, 4) is 0 Å². The maximum Gasteiger partial charge on any atom is 0.0594 e. The Bertz CT molecular complexity index is 73.7. The van der Waals surface area contributed by atoms with Crippen molar-refractivity contribution in [1.29, 1.82) is 0 Å². The molecule has 0 saturated carbocycles. The maximum absolute atomic E-state index is 5.29. The highest BCUT2D eigenvalue weighted by Crippen LogP contribution is 2.12. The average molecular weight is 209 g/mol. The predicted molar refractivity (Wildman–Crippen MR) is 48.7 cm³/mol. The van der Waals surface area contributed by atoms with E-state index in [-0.39, 0.29) is 0 Å². The molecule has 0 heterocycles. The third-order valence-corrected chi connectivity index (χ3v) is 2.23. The Morgan fingerprint density at radius 2 is 2.00 bits per heavy atom. The van der Waals surface area contributed by atoms with Gasteiger partial charge >= 0.3 is 0 Å². The molecule has 1 atom stereocenters. The van der Waals surface area contributed by atoms with E-state index < -0.39 is 0 Å². The lowest BCUT2D eigenvalue weighted by Crippen LogP contribution is -2.17. The largest absolute Gasteiger partial charge is 0.381 e. The number of hydrogen-bond donors (Lipinski definition) is 0. The predicted octanol–water partition coefficient (Wildman–Crippen LogP) is 2.83. The van der Waals surface area contributed by atoms with Crippen LogP contribution in [0.2, 0.25) is 0 Å². The monoisotopic (exact) mass is 208 g/mol. The van der Waals surface area contributed by atoms with Gasteiger partial charge in [-0.2, -0.15) is 0 Å². The molecule has 0 aliphatic heterocycles. The average Bonchev–Trinajstić information content (AvgIpc) is 1.89. The molecular formula is C8H17BrO. The first-order valence-corrected chi connectivity index (χ1v) is 4.93. The number of halogens is 1. The van der Waals surface area contributed by atoms with Gasteiger partial charge in [-0.1, -0.05) is 29.8 Å². The molecule has 62 valence electrons. The van der Waals surface area contributed by atoms with Gasteiger partial charge in [-0.05, 0) is 18.8 Å². The lowest BCUT2D eigenvalue weighted by molar-refractivity contribution is 0.0579. The second kappa shape index (κ2) is 6.17. The molecule has 1 unspecified atom stereocenters. The highest BCUT2D eigenvalue weighted by molar-refractivity contribution is 9.09. The molecule has 0 aromatic rings. The summed E-state index contributed by atoms with van der Waals surface area (Å²) in [6.45, 7) is 4.39. The summed E-state index contributed by atoms with van der Waals surface area (Å²) in [5.41, 5.74) is 0. The van der Waals surface area contributed by atoms with Gasteiger partial charge in [-0.15, -0.1) is 0 Å². The molecule has 2 heteroatoms. The van der Waals surface area contributed by atoms with E-state index in [2.05, 4.69) is 29.8 Å². The zero-order valence-electron chi connectivity index (χ0n) is 7.06. The minimum absolute atomic E-state index is 0.442. The Morgan fingerprint density at radius 3 is 2.30 bits per heavy atom. The molecule has 0 aliphatic carbocycles. The van der Waals surface area contributed by atoms with Crippen LogP contribution in [0.15, 0.2) is 0 Å². The second-order valence-electron chi connectivity index (χ2n) is 2.85. The molecule has 0 bridgehead atoms. The molecule has 0 aromatic heterocycles. The van der Waals surface area contributed by atoms with E-state index in [1.807, 2.05) is 0 Å². The molecule has 0 rings (SSSR count). The second-order valence-corrected chi connectivity index (χ2v) is 3.64. The normalized spacial score (nSPS) is 14.1. The van der Waals surface area contributed by atoms with E-state index in [9.17, 15) is 0 Å². The Labute approximate surface area is 72.3 Å². The van der Waals surface area contributed by atoms with Gasteiger partial charge in [-0.3, -0.25) is 0 Å². The molecule has 0 spiro atoms. The smallest absolute Gasteiger partial charge is 0.0594 e. The Morgan fingerprint density at radius 1 is 1.40 bits per heavy atom. The van der Waals surface area contributed by atoms with E-state index in [1.54, 1.807) is 7.11 Å². The fraction of sp³-hybridized carbons (Fsp3) is 1.00. The van der Waals surface area contributed by atoms with Gasteiger partial charge in [-0.25, -0.2) is 0 Å². The number of hydrogen-bond acceptors (Lipinski definition) is 1. The molecule has 10 heavy (non-hydrogen) atoms. The van der Waals surface area contributed by atoms with Crippen molar-refractivity contribution in [1.82, 2.24) is 0 Å². The number of ether oxygens (including phenoxy) is 1. The van der Waals surface area contributed by atoms with Crippen molar-refractivity contribution in [2.75, 3.05) is 12.4 Å². The van der Waals surface area contributed by atoms with Crippen LogP contribution in [0.4, 0.5) is 0 Å². The van der Waals surface area contributed by atoms with Gasteiger partial charge in [0.05, 0.1) is 6.10 Å². The van der Waals surface area contributed by atoms with Crippen LogP contribution in [0, 0.1) is 5.92 Å². The summed E-state index contributed by atoms with van der Waals surface area (Å²) < 4.78 is 5.29. The van der Waals surface area contributed by atoms with Gasteiger partial charge < -0.3 is 4.74 Å². The molecule has 0 saturated heterocycles. The molecule has 1 nitrogen and oxygen atoms in total. The van der Waals surface area contributed by atoms with Gasteiger partial charge in [0.25, 0.3) is 0 Å². The first-order valence-electron chi connectivity index (χ1n) is 3.81. The third-order valence-electron chi connectivity index (χ3n) is 1.67. The Hall–Kier alpha value is 0.440. The molecule has 0 fully saturated rings. The van der Waals surface area contributed by atoms with Gasteiger partial charge in [0, 0.05) is 12.4 Å². The standard InChI is InChI=1S/C8H17BrO/c1-7(2)8(10-3)5-4-6-9/h7-8H,4-6H2,1-3H3. The van der Waals surface area contributed by atoms with Crippen LogP contribution in [-0.4, -0.2) is 18.5 Å². The highest BCUT2D eigenvalue weighted by atomic mass is 79.9. The molecule has 0 aliphatic rings.